The van der Waals surface area contributed by atoms with Gasteiger partial charge in [-0.25, -0.2) is 0 Å². The van der Waals surface area contributed by atoms with Gasteiger partial charge in [0.05, 0.1) is 17.9 Å². The standard InChI is InChI=1S/C23H30O7/c1-11(2)13-9-14-17(15(25)10-13)23(5)16(26)7-8-22(4,21(28)29-6)20(23)19(18(14)27)30-12(3)24/h9-11,18-20,25,27H,7-8H2,1-6H3/t18-,19-,20+,22+,23-/m1/s1. The van der Waals surface area contributed by atoms with Gasteiger partial charge in [-0.15, -0.1) is 0 Å². The van der Waals surface area contributed by atoms with Crippen molar-refractivity contribution in [1.82, 2.24) is 0 Å². The van der Waals surface area contributed by atoms with E-state index in [-0.39, 0.29) is 30.3 Å². The molecule has 164 valence electrons. The molecule has 0 saturated heterocycles. The van der Waals surface area contributed by atoms with E-state index in [0.29, 0.717) is 11.1 Å². The van der Waals surface area contributed by atoms with Crippen LogP contribution in [0.15, 0.2) is 12.1 Å². The first-order valence-corrected chi connectivity index (χ1v) is 10.2. The third-order valence-corrected chi connectivity index (χ3v) is 7.03. The molecule has 30 heavy (non-hydrogen) atoms. The highest BCUT2D eigenvalue weighted by molar-refractivity contribution is 5.95. The van der Waals surface area contributed by atoms with E-state index < -0.39 is 40.9 Å². The summed E-state index contributed by atoms with van der Waals surface area (Å²) in [6, 6.07) is 3.35. The van der Waals surface area contributed by atoms with Gasteiger partial charge in [-0.1, -0.05) is 19.9 Å². The highest BCUT2D eigenvalue weighted by Crippen LogP contribution is 2.61. The van der Waals surface area contributed by atoms with Gasteiger partial charge in [0.1, 0.15) is 23.7 Å². The Morgan fingerprint density at radius 3 is 2.40 bits per heavy atom. The second-order valence-corrected chi connectivity index (χ2v) is 9.19. The lowest BCUT2D eigenvalue weighted by molar-refractivity contribution is -0.190. The van der Waals surface area contributed by atoms with Crippen LogP contribution in [-0.4, -0.2) is 41.1 Å². The fourth-order valence-corrected chi connectivity index (χ4v) is 5.53. The maximum absolute atomic E-state index is 13.3. The Balaban J connectivity index is 2.37. The number of hydrogen-bond acceptors (Lipinski definition) is 7. The molecule has 2 aliphatic rings. The summed E-state index contributed by atoms with van der Waals surface area (Å²) < 4.78 is 10.6. The molecule has 1 aromatic carbocycles. The molecule has 0 spiro atoms. The quantitative estimate of drug-likeness (QED) is 0.726. The zero-order chi connectivity index (χ0) is 22.6. The van der Waals surface area contributed by atoms with Gasteiger partial charge in [-0.2, -0.15) is 0 Å². The zero-order valence-electron chi connectivity index (χ0n) is 18.3. The minimum Gasteiger partial charge on any atom is -0.508 e. The molecule has 5 atom stereocenters. The van der Waals surface area contributed by atoms with Crippen LogP contribution in [0.25, 0.3) is 0 Å². The third kappa shape index (κ3) is 3.02. The number of carbonyl (C=O) groups is 3. The maximum atomic E-state index is 13.3. The molecule has 0 radical (unpaired) electrons. The number of carbonyl (C=O) groups excluding carboxylic acids is 3. The Labute approximate surface area is 176 Å². The van der Waals surface area contributed by atoms with Crippen LogP contribution in [-0.2, 0) is 29.3 Å². The molecule has 0 aliphatic heterocycles. The van der Waals surface area contributed by atoms with Crippen LogP contribution in [0.5, 0.6) is 5.75 Å². The fourth-order valence-electron chi connectivity index (χ4n) is 5.53. The van der Waals surface area contributed by atoms with Gasteiger partial charge >= 0.3 is 11.9 Å². The lowest BCUT2D eigenvalue weighted by Gasteiger charge is -2.56. The highest BCUT2D eigenvalue weighted by atomic mass is 16.6. The van der Waals surface area contributed by atoms with Crippen LogP contribution < -0.4 is 0 Å². The van der Waals surface area contributed by atoms with Crippen molar-refractivity contribution >= 4 is 17.7 Å². The normalized spacial score (nSPS) is 32.9. The van der Waals surface area contributed by atoms with Gasteiger partial charge < -0.3 is 19.7 Å². The van der Waals surface area contributed by atoms with Gasteiger partial charge in [0.2, 0.25) is 0 Å². The van der Waals surface area contributed by atoms with Gasteiger partial charge in [-0.05, 0) is 43.4 Å². The molecule has 3 rings (SSSR count). The first kappa shape index (κ1) is 22.3. The Hall–Kier alpha value is -2.41. The summed E-state index contributed by atoms with van der Waals surface area (Å²) in [5.41, 5.74) is -1.10. The SMILES string of the molecule is COC(=O)[C@@]1(C)CCC(=O)[C@]2(C)c3c(O)cc(C(C)C)cc3[C@@H](O)[C@@H](OC(C)=O)[C@@H]12. The number of benzene rings is 1. The van der Waals surface area contributed by atoms with E-state index in [2.05, 4.69) is 0 Å². The number of hydrogen-bond donors (Lipinski definition) is 2. The van der Waals surface area contributed by atoms with Crippen molar-refractivity contribution in [2.24, 2.45) is 11.3 Å². The predicted octanol–water partition coefficient (Wildman–Crippen LogP) is 2.91. The minimum absolute atomic E-state index is 0.0634. The summed E-state index contributed by atoms with van der Waals surface area (Å²) in [6.07, 6.45) is -2.15. The first-order chi connectivity index (χ1) is 13.9. The summed E-state index contributed by atoms with van der Waals surface area (Å²) in [5.74, 6) is -2.29. The number of phenols is 1. The number of esters is 2. The predicted molar refractivity (Wildman–Crippen MR) is 108 cm³/mol. The van der Waals surface area contributed by atoms with Gasteiger partial charge in [-0.3, -0.25) is 14.4 Å². The maximum Gasteiger partial charge on any atom is 0.312 e. The second-order valence-electron chi connectivity index (χ2n) is 9.19. The van der Waals surface area contributed by atoms with E-state index in [1.165, 1.54) is 14.0 Å². The summed E-state index contributed by atoms with van der Waals surface area (Å²) in [4.78, 5) is 38.1. The van der Waals surface area contributed by atoms with Crippen molar-refractivity contribution in [2.75, 3.05) is 7.11 Å². The molecule has 7 heteroatoms. The van der Waals surface area contributed by atoms with Crippen molar-refractivity contribution < 1.29 is 34.1 Å². The summed E-state index contributed by atoms with van der Waals surface area (Å²) in [6.45, 7) is 8.45. The number of phenolic OH excluding ortho intramolecular Hbond substituents is 1. The molecule has 0 aromatic heterocycles. The second kappa shape index (κ2) is 7.38. The molecule has 0 unspecified atom stereocenters. The number of ketones is 1. The summed E-state index contributed by atoms with van der Waals surface area (Å²) in [7, 11) is 1.27. The van der Waals surface area contributed by atoms with Crippen LogP contribution >= 0.6 is 0 Å². The number of ether oxygens (including phenoxy) is 2. The molecule has 1 saturated carbocycles. The molecule has 1 fully saturated rings. The molecule has 7 nitrogen and oxygen atoms in total. The van der Waals surface area contributed by atoms with Crippen LogP contribution in [0.3, 0.4) is 0 Å². The van der Waals surface area contributed by atoms with Crippen molar-refractivity contribution in [1.29, 1.82) is 0 Å². The topological polar surface area (TPSA) is 110 Å². The average molecular weight is 418 g/mol. The highest BCUT2D eigenvalue weighted by Gasteiger charge is 2.66. The van der Waals surface area contributed by atoms with Gasteiger partial charge in [0.15, 0.2) is 0 Å². The van der Waals surface area contributed by atoms with Crippen LogP contribution in [0.2, 0.25) is 0 Å². The number of fused-ring (bicyclic) bond motifs is 3. The molecule has 0 amide bonds. The van der Waals surface area contributed by atoms with E-state index in [4.69, 9.17) is 9.47 Å². The number of aliphatic hydroxyl groups excluding tert-OH is 1. The Morgan fingerprint density at radius 2 is 1.87 bits per heavy atom. The van der Waals surface area contributed by atoms with Crippen LogP contribution in [0.1, 0.15) is 76.2 Å². The zero-order valence-corrected chi connectivity index (χ0v) is 18.3. The van der Waals surface area contributed by atoms with E-state index >= 15 is 0 Å². The van der Waals surface area contributed by atoms with Crippen LogP contribution in [0.4, 0.5) is 0 Å². The van der Waals surface area contributed by atoms with Crippen molar-refractivity contribution in [3.05, 3.63) is 28.8 Å². The summed E-state index contributed by atoms with van der Waals surface area (Å²) >= 11 is 0. The van der Waals surface area contributed by atoms with E-state index in [1.807, 2.05) is 13.8 Å². The van der Waals surface area contributed by atoms with Crippen molar-refractivity contribution in [3.8, 4) is 5.75 Å². The number of Topliss-reactive ketones (excluding diaryl/α,β-unsaturated/α-hetero) is 1. The molecule has 0 bridgehead atoms. The average Bonchev–Trinajstić information content (AvgIpc) is 2.67. The third-order valence-electron chi connectivity index (χ3n) is 7.03. The number of rotatable bonds is 3. The van der Waals surface area contributed by atoms with E-state index in [9.17, 15) is 24.6 Å². The lowest BCUT2D eigenvalue weighted by Crippen LogP contribution is -2.63. The number of aromatic hydroxyl groups is 1. The largest absolute Gasteiger partial charge is 0.508 e. The molecular formula is C23H30O7. The van der Waals surface area contributed by atoms with Crippen molar-refractivity contribution in [2.45, 2.75) is 71.0 Å². The lowest BCUT2D eigenvalue weighted by atomic mass is 9.47. The Morgan fingerprint density at radius 1 is 1.23 bits per heavy atom. The fraction of sp³-hybridized carbons (Fsp3) is 0.609. The van der Waals surface area contributed by atoms with E-state index in [1.54, 1.807) is 26.0 Å². The Bertz CT molecular complexity index is 905. The molecule has 0 heterocycles. The Kier molecular flexibility index (Phi) is 5.48. The monoisotopic (exact) mass is 418 g/mol. The smallest absolute Gasteiger partial charge is 0.312 e. The molecular weight excluding hydrogens is 388 g/mol. The van der Waals surface area contributed by atoms with Crippen molar-refractivity contribution in [3.63, 3.8) is 0 Å². The first-order valence-electron chi connectivity index (χ1n) is 10.2. The number of aliphatic hydroxyl groups is 1. The molecule has 1 aromatic rings. The molecule has 2 N–H and O–H groups in total. The van der Waals surface area contributed by atoms with Gasteiger partial charge in [0, 0.05) is 24.8 Å². The van der Waals surface area contributed by atoms with Crippen LogP contribution in [0, 0.1) is 11.3 Å². The van der Waals surface area contributed by atoms with E-state index in [0.717, 1.165) is 5.56 Å². The summed E-state index contributed by atoms with van der Waals surface area (Å²) in [5, 5.41) is 22.2. The minimum atomic E-state index is -1.34. The van der Waals surface area contributed by atoms with Gasteiger partial charge in [0.25, 0.3) is 0 Å². The molecule has 2 aliphatic carbocycles. The number of methoxy groups -OCH3 is 1.